The second-order valence-electron chi connectivity index (χ2n) is 7.47. The van der Waals surface area contributed by atoms with Crippen molar-refractivity contribution in [3.05, 3.63) is 58.5 Å². The van der Waals surface area contributed by atoms with Crippen LogP contribution in [-0.2, 0) is 4.79 Å². The third-order valence-corrected chi connectivity index (χ3v) is 6.20. The van der Waals surface area contributed by atoms with E-state index < -0.39 is 0 Å². The fourth-order valence-electron chi connectivity index (χ4n) is 3.41. The average Bonchev–Trinajstić information content (AvgIpc) is 2.78. The van der Waals surface area contributed by atoms with E-state index in [-0.39, 0.29) is 5.91 Å². The number of carbonyl (C=O) groups excluding carboxylic acids is 1. The van der Waals surface area contributed by atoms with E-state index in [1.54, 1.807) is 18.3 Å². The van der Waals surface area contributed by atoms with Crippen molar-refractivity contribution in [3.63, 3.8) is 0 Å². The summed E-state index contributed by atoms with van der Waals surface area (Å²) in [6.45, 7) is 16.8. The molecule has 2 aromatic heterocycles. The molecule has 1 fully saturated rings. The predicted octanol–water partition coefficient (Wildman–Crippen LogP) is 3.79. The fourth-order valence-corrected chi connectivity index (χ4v) is 4.09. The highest BCUT2D eigenvalue weighted by Gasteiger charge is 2.18. The molecule has 0 spiro atoms. The zero-order valence-corrected chi connectivity index (χ0v) is 20.0. The number of hydrogen-bond acceptors (Lipinski definition) is 8. The van der Waals surface area contributed by atoms with Gasteiger partial charge in [-0.25, -0.2) is 9.97 Å². The number of hydrogen-bond donors (Lipinski definition) is 2. The summed E-state index contributed by atoms with van der Waals surface area (Å²) in [7, 11) is 0. The Morgan fingerprint density at radius 2 is 1.97 bits per heavy atom. The molecule has 9 heteroatoms. The standard InChI is InChI=1S/C23H31N7OS/c1-6-20(23(31)28-19-9-8-10-24-16(19)3)32-18(5)27-21-15-22(26-17(4)25-21)30-13-11-29(7-2)12-14-30/h6,8-10,15H,5,7,11-14H2,1-4H3,(H,28,31)(H,25,26,27)/b20-6-. The Labute approximate surface area is 194 Å². The second-order valence-corrected chi connectivity index (χ2v) is 8.61. The summed E-state index contributed by atoms with van der Waals surface area (Å²) < 4.78 is 0. The third kappa shape index (κ3) is 6.30. The van der Waals surface area contributed by atoms with Gasteiger partial charge in [0.05, 0.1) is 21.3 Å². The Kier molecular flexibility index (Phi) is 8.24. The number of nitrogens with one attached hydrogen (secondary N) is 2. The molecule has 0 radical (unpaired) electrons. The van der Waals surface area contributed by atoms with Crippen LogP contribution in [-0.4, -0.2) is 58.5 Å². The minimum atomic E-state index is -0.204. The quantitative estimate of drug-likeness (QED) is 0.584. The largest absolute Gasteiger partial charge is 0.354 e. The van der Waals surface area contributed by atoms with Crippen molar-refractivity contribution in [2.45, 2.75) is 27.7 Å². The zero-order chi connectivity index (χ0) is 23.1. The summed E-state index contributed by atoms with van der Waals surface area (Å²) in [5.74, 6) is 2.06. The summed E-state index contributed by atoms with van der Waals surface area (Å²) in [4.78, 5) is 31.3. The molecule has 0 saturated carbocycles. The Morgan fingerprint density at radius 1 is 1.22 bits per heavy atom. The molecule has 0 aromatic carbocycles. The van der Waals surface area contributed by atoms with E-state index in [9.17, 15) is 4.79 Å². The maximum Gasteiger partial charge on any atom is 0.262 e. The molecular weight excluding hydrogens is 422 g/mol. The molecule has 0 bridgehead atoms. The van der Waals surface area contributed by atoms with Crippen molar-refractivity contribution in [2.24, 2.45) is 0 Å². The molecule has 8 nitrogen and oxygen atoms in total. The van der Waals surface area contributed by atoms with Crippen LogP contribution in [0.25, 0.3) is 0 Å². The number of pyridine rings is 1. The van der Waals surface area contributed by atoms with Crippen molar-refractivity contribution in [1.29, 1.82) is 0 Å². The van der Waals surface area contributed by atoms with Gasteiger partial charge in [-0.15, -0.1) is 0 Å². The van der Waals surface area contributed by atoms with Crippen LogP contribution in [0.3, 0.4) is 0 Å². The number of aromatic nitrogens is 3. The van der Waals surface area contributed by atoms with Crippen LogP contribution in [0.4, 0.5) is 17.3 Å². The lowest BCUT2D eigenvalue weighted by atomic mass is 10.3. The van der Waals surface area contributed by atoms with E-state index in [0.717, 1.165) is 44.2 Å². The Balaban J connectivity index is 1.63. The number of likely N-dealkylation sites (N-methyl/N-ethyl adjacent to an activating group) is 1. The summed E-state index contributed by atoms with van der Waals surface area (Å²) in [5, 5.41) is 6.74. The zero-order valence-electron chi connectivity index (χ0n) is 19.2. The van der Waals surface area contributed by atoms with Crippen molar-refractivity contribution in [2.75, 3.05) is 48.3 Å². The molecule has 2 aromatic rings. The minimum Gasteiger partial charge on any atom is -0.354 e. The van der Waals surface area contributed by atoms with E-state index in [4.69, 9.17) is 0 Å². The molecule has 0 atom stereocenters. The smallest absolute Gasteiger partial charge is 0.262 e. The topological polar surface area (TPSA) is 86.3 Å². The van der Waals surface area contributed by atoms with Gasteiger partial charge in [0.25, 0.3) is 5.91 Å². The van der Waals surface area contributed by atoms with Gasteiger partial charge in [-0.1, -0.05) is 31.3 Å². The number of amides is 1. The lowest BCUT2D eigenvalue weighted by Crippen LogP contribution is -2.46. The molecule has 3 rings (SSSR count). The van der Waals surface area contributed by atoms with E-state index >= 15 is 0 Å². The number of rotatable bonds is 8. The molecule has 0 unspecified atom stereocenters. The van der Waals surface area contributed by atoms with Gasteiger partial charge < -0.3 is 20.4 Å². The first kappa shape index (κ1) is 23.7. The summed E-state index contributed by atoms with van der Waals surface area (Å²) in [6, 6.07) is 5.56. The number of nitrogens with zero attached hydrogens (tertiary/aromatic N) is 5. The Hall–Kier alpha value is -2.91. The normalized spacial score (nSPS) is 14.9. The van der Waals surface area contributed by atoms with E-state index in [0.29, 0.717) is 27.3 Å². The molecule has 1 saturated heterocycles. The highest BCUT2D eigenvalue weighted by atomic mass is 32.2. The first-order chi connectivity index (χ1) is 15.4. The minimum absolute atomic E-state index is 0.204. The lowest BCUT2D eigenvalue weighted by Gasteiger charge is -2.34. The number of aryl methyl sites for hydroxylation is 2. The van der Waals surface area contributed by atoms with Crippen LogP contribution in [0.5, 0.6) is 0 Å². The lowest BCUT2D eigenvalue weighted by molar-refractivity contribution is -0.112. The van der Waals surface area contributed by atoms with Crippen molar-refractivity contribution >= 4 is 35.0 Å². The second kappa shape index (κ2) is 11.1. The Bertz CT molecular complexity index is 1000. The fraction of sp³-hybridized carbons (Fsp3) is 0.391. The molecule has 3 heterocycles. The van der Waals surface area contributed by atoms with Gasteiger partial charge in [-0.3, -0.25) is 9.78 Å². The maximum absolute atomic E-state index is 12.7. The van der Waals surface area contributed by atoms with Gasteiger partial charge in [0.2, 0.25) is 0 Å². The molecule has 1 aliphatic rings. The van der Waals surface area contributed by atoms with Crippen LogP contribution in [0, 0.1) is 13.8 Å². The third-order valence-electron chi connectivity index (χ3n) is 5.21. The van der Waals surface area contributed by atoms with Crippen LogP contribution in [0.1, 0.15) is 25.4 Å². The number of allylic oxidation sites excluding steroid dienone is 1. The van der Waals surface area contributed by atoms with E-state index in [1.165, 1.54) is 11.8 Å². The molecule has 2 N–H and O–H groups in total. The van der Waals surface area contributed by atoms with Crippen molar-refractivity contribution in [1.82, 2.24) is 19.9 Å². The number of piperazine rings is 1. The van der Waals surface area contributed by atoms with Gasteiger partial charge >= 0.3 is 0 Å². The first-order valence-corrected chi connectivity index (χ1v) is 11.6. The van der Waals surface area contributed by atoms with Gasteiger partial charge in [0, 0.05) is 38.4 Å². The molecule has 0 aliphatic carbocycles. The van der Waals surface area contributed by atoms with Crippen LogP contribution >= 0.6 is 11.8 Å². The summed E-state index contributed by atoms with van der Waals surface area (Å²) >= 11 is 1.27. The molecule has 1 amide bonds. The van der Waals surface area contributed by atoms with Crippen molar-refractivity contribution < 1.29 is 4.79 Å². The molecule has 1 aliphatic heterocycles. The van der Waals surface area contributed by atoms with Crippen LogP contribution < -0.4 is 15.5 Å². The van der Waals surface area contributed by atoms with Gasteiger partial charge in [0.15, 0.2) is 0 Å². The SMILES string of the molecule is C=C(Nc1cc(N2CCN(CC)CC2)nc(C)n1)S/C(=C\C)C(=O)Nc1cccnc1C. The molecule has 170 valence electrons. The maximum atomic E-state index is 12.7. The van der Waals surface area contributed by atoms with E-state index in [1.807, 2.05) is 32.9 Å². The van der Waals surface area contributed by atoms with E-state index in [2.05, 4.69) is 48.9 Å². The van der Waals surface area contributed by atoms with Gasteiger partial charge in [0.1, 0.15) is 17.5 Å². The number of thioether (sulfide) groups is 1. The summed E-state index contributed by atoms with van der Waals surface area (Å²) in [6.07, 6.45) is 3.46. The first-order valence-electron chi connectivity index (χ1n) is 10.8. The average molecular weight is 454 g/mol. The van der Waals surface area contributed by atoms with Crippen molar-refractivity contribution in [3.8, 4) is 0 Å². The van der Waals surface area contributed by atoms with Crippen LogP contribution in [0.2, 0.25) is 0 Å². The highest BCUT2D eigenvalue weighted by molar-refractivity contribution is 8.07. The monoisotopic (exact) mass is 453 g/mol. The molecule has 32 heavy (non-hydrogen) atoms. The van der Waals surface area contributed by atoms with Crippen LogP contribution in [0.15, 0.2) is 47.0 Å². The summed E-state index contributed by atoms with van der Waals surface area (Å²) in [5.41, 5.74) is 1.46. The molecular formula is C23H31N7OS. The predicted molar refractivity (Wildman–Crippen MR) is 133 cm³/mol. The highest BCUT2D eigenvalue weighted by Crippen LogP contribution is 2.27. The Morgan fingerprint density at radius 3 is 2.62 bits per heavy atom. The number of anilines is 3. The number of carbonyl (C=O) groups is 1. The van der Waals surface area contributed by atoms with Gasteiger partial charge in [-0.05, 0) is 39.4 Å². The van der Waals surface area contributed by atoms with Gasteiger partial charge in [-0.2, -0.15) is 0 Å².